The summed E-state index contributed by atoms with van der Waals surface area (Å²) in [6, 6.07) is 21.3. The summed E-state index contributed by atoms with van der Waals surface area (Å²) in [5, 5.41) is 0.407. The molecule has 0 unspecified atom stereocenters. The molecule has 0 saturated carbocycles. The fourth-order valence-electron chi connectivity index (χ4n) is 3.36. The van der Waals surface area contributed by atoms with Crippen molar-refractivity contribution in [1.29, 1.82) is 0 Å². The van der Waals surface area contributed by atoms with E-state index < -0.39 is 0 Å². The Balaban J connectivity index is 1.89. The SMILES string of the molecule is CCCCN1C(=O)CC[C@@H](Sc2ccccc2)[C@@H]1c1ccccc1. The average molecular weight is 340 g/mol. The van der Waals surface area contributed by atoms with Crippen molar-refractivity contribution in [3.63, 3.8) is 0 Å². The van der Waals surface area contributed by atoms with Crippen LogP contribution in [0.5, 0.6) is 0 Å². The first-order valence-corrected chi connectivity index (χ1v) is 9.73. The highest BCUT2D eigenvalue weighted by molar-refractivity contribution is 8.00. The van der Waals surface area contributed by atoms with Gasteiger partial charge in [0.1, 0.15) is 0 Å². The third-order valence-electron chi connectivity index (χ3n) is 4.58. The summed E-state index contributed by atoms with van der Waals surface area (Å²) < 4.78 is 0. The van der Waals surface area contributed by atoms with Crippen LogP contribution >= 0.6 is 11.8 Å². The molecule has 0 spiro atoms. The van der Waals surface area contributed by atoms with Gasteiger partial charge in [-0.3, -0.25) is 4.79 Å². The second-order valence-corrected chi connectivity index (χ2v) is 7.62. The summed E-state index contributed by atoms with van der Waals surface area (Å²) >= 11 is 1.91. The van der Waals surface area contributed by atoms with Crippen LogP contribution in [0.2, 0.25) is 0 Å². The van der Waals surface area contributed by atoms with Crippen LogP contribution in [0.15, 0.2) is 65.6 Å². The summed E-state index contributed by atoms with van der Waals surface area (Å²) in [6.45, 7) is 3.04. The van der Waals surface area contributed by atoms with Gasteiger partial charge in [0.25, 0.3) is 0 Å². The monoisotopic (exact) mass is 339 g/mol. The number of piperidine rings is 1. The second-order valence-electron chi connectivity index (χ2n) is 6.30. The van der Waals surface area contributed by atoms with Crippen molar-refractivity contribution in [3.8, 4) is 0 Å². The Morgan fingerprint density at radius 1 is 1.04 bits per heavy atom. The standard InChI is InChI=1S/C21H25NOS/c1-2-3-16-22-20(23)15-14-19(24-18-12-8-5-9-13-18)21(22)17-10-6-4-7-11-17/h4-13,19,21H,2-3,14-16H2,1H3/t19-,21+/m1/s1. The Kier molecular flexibility index (Phi) is 5.97. The number of carbonyl (C=O) groups excluding carboxylic acids is 1. The van der Waals surface area contributed by atoms with Crippen molar-refractivity contribution in [2.75, 3.05) is 6.54 Å². The molecule has 2 nitrogen and oxygen atoms in total. The molecular formula is C21H25NOS. The lowest BCUT2D eigenvalue weighted by Crippen LogP contribution is -2.44. The molecule has 2 aromatic rings. The first-order chi connectivity index (χ1) is 11.8. The molecule has 0 bridgehead atoms. The van der Waals surface area contributed by atoms with E-state index in [9.17, 15) is 4.79 Å². The van der Waals surface area contributed by atoms with Gasteiger partial charge in [-0.25, -0.2) is 0 Å². The van der Waals surface area contributed by atoms with Crippen molar-refractivity contribution in [2.45, 2.75) is 48.8 Å². The number of nitrogens with zero attached hydrogens (tertiary/aromatic N) is 1. The molecule has 1 aliphatic rings. The smallest absolute Gasteiger partial charge is 0.223 e. The van der Waals surface area contributed by atoms with Crippen molar-refractivity contribution in [2.24, 2.45) is 0 Å². The lowest BCUT2D eigenvalue weighted by Gasteiger charge is -2.41. The topological polar surface area (TPSA) is 20.3 Å². The number of rotatable bonds is 6. The lowest BCUT2D eigenvalue weighted by atomic mass is 9.94. The van der Waals surface area contributed by atoms with E-state index in [0.717, 1.165) is 25.8 Å². The third kappa shape index (κ3) is 4.02. The van der Waals surface area contributed by atoms with Gasteiger partial charge in [-0.05, 0) is 30.5 Å². The maximum atomic E-state index is 12.6. The van der Waals surface area contributed by atoms with Gasteiger partial charge < -0.3 is 4.90 Å². The summed E-state index contributed by atoms with van der Waals surface area (Å²) in [7, 11) is 0. The molecule has 3 heteroatoms. The van der Waals surface area contributed by atoms with Gasteiger partial charge in [0, 0.05) is 23.1 Å². The first kappa shape index (κ1) is 17.1. The van der Waals surface area contributed by atoms with E-state index in [0.29, 0.717) is 17.6 Å². The van der Waals surface area contributed by atoms with Crippen LogP contribution in [-0.4, -0.2) is 22.6 Å². The summed E-state index contributed by atoms with van der Waals surface area (Å²) in [4.78, 5) is 16.0. The zero-order chi connectivity index (χ0) is 16.8. The normalized spacial score (nSPS) is 21.0. The van der Waals surface area contributed by atoms with Gasteiger partial charge in [0.2, 0.25) is 5.91 Å². The largest absolute Gasteiger partial charge is 0.335 e. The number of likely N-dealkylation sites (tertiary alicyclic amines) is 1. The lowest BCUT2D eigenvalue weighted by molar-refractivity contribution is -0.136. The zero-order valence-electron chi connectivity index (χ0n) is 14.2. The van der Waals surface area contributed by atoms with Crippen LogP contribution in [0, 0.1) is 0 Å². The highest BCUT2D eigenvalue weighted by Gasteiger charge is 2.36. The molecule has 0 aliphatic carbocycles. The van der Waals surface area contributed by atoms with Crippen LogP contribution in [0.4, 0.5) is 0 Å². The number of unbranched alkanes of at least 4 members (excludes halogenated alkanes) is 1. The summed E-state index contributed by atoms with van der Waals surface area (Å²) in [6.07, 6.45) is 3.79. The fraction of sp³-hybridized carbons (Fsp3) is 0.381. The molecule has 1 amide bonds. The van der Waals surface area contributed by atoms with Gasteiger partial charge in [-0.2, -0.15) is 0 Å². The predicted octanol–water partition coefficient (Wildman–Crippen LogP) is 5.31. The van der Waals surface area contributed by atoms with Gasteiger partial charge in [-0.1, -0.05) is 61.9 Å². The molecule has 2 atom stereocenters. The fourth-order valence-corrected chi connectivity index (χ4v) is 4.69. The molecule has 3 rings (SSSR count). The minimum Gasteiger partial charge on any atom is -0.335 e. The number of carbonyl (C=O) groups is 1. The van der Waals surface area contributed by atoms with Gasteiger partial charge >= 0.3 is 0 Å². The van der Waals surface area contributed by atoms with Crippen LogP contribution in [0.25, 0.3) is 0 Å². The molecule has 1 aliphatic heterocycles. The van der Waals surface area contributed by atoms with Gasteiger partial charge in [0.15, 0.2) is 0 Å². The number of amides is 1. The van der Waals surface area contributed by atoms with Gasteiger partial charge in [-0.15, -0.1) is 11.8 Å². The van der Waals surface area contributed by atoms with Crippen molar-refractivity contribution < 1.29 is 4.79 Å². The molecule has 0 aromatic heterocycles. The number of benzene rings is 2. The van der Waals surface area contributed by atoms with Crippen LogP contribution in [-0.2, 0) is 4.79 Å². The molecule has 1 heterocycles. The number of thioether (sulfide) groups is 1. The van der Waals surface area contributed by atoms with E-state index in [4.69, 9.17) is 0 Å². The average Bonchev–Trinajstić information content (AvgIpc) is 2.63. The van der Waals surface area contributed by atoms with Crippen LogP contribution in [0.3, 0.4) is 0 Å². The van der Waals surface area contributed by atoms with E-state index in [2.05, 4.69) is 66.4 Å². The van der Waals surface area contributed by atoms with E-state index >= 15 is 0 Å². The molecule has 126 valence electrons. The van der Waals surface area contributed by atoms with Crippen molar-refractivity contribution in [3.05, 3.63) is 66.2 Å². The van der Waals surface area contributed by atoms with Crippen LogP contribution < -0.4 is 0 Å². The molecule has 1 fully saturated rings. The summed E-state index contributed by atoms with van der Waals surface area (Å²) in [5.74, 6) is 0.308. The Hall–Kier alpha value is -1.74. The maximum Gasteiger partial charge on any atom is 0.223 e. The molecule has 1 saturated heterocycles. The molecule has 24 heavy (non-hydrogen) atoms. The Morgan fingerprint density at radius 2 is 1.71 bits per heavy atom. The Bertz CT molecular complexity index is 643. The van der Waals surface area contributed by atoms with E-state index in [-0.39, 0.29) is 6.04 Å². The zero-order valence-corrected chi connectivity index (χ0v) is 15.0. The van der Waals surface area contributed by atoms with Crippen LogP contribution in [0.1, 0.15) is 44.2 Å². The number of hydrogen-bond acceptors (Lipinski definition) is 2. The first-order valence-electron chi connectivity index (χ1n) is 8.85. The summed E-state index contributed by atoms with van der Waals surface area (Å²) in [5.41, 5.74) is 1.26. The highest BCUT2D eigenvalue weighted by Crippen LogP contribution is 2.42. The minimum absolute atomic E-state index is 0.171. The quantitative estimate of drug-likeness (QED) is 0.711. The van der Waals surface area contributed by atoms with Crippen molar-refractivity contribution in [1.82, 2.24) is 4.90 Å². The predicted molar refractivity (Wildman–Crippen MR) is 101 cm³/mol. The Morgan fingerprint density at radius 3 is 2.38 bits per heavy atom. The van der Waals surface area contributed by atoms with Gasteiger partial charge in [0.05, 0.1) is 6.04 Å². The van der Waals surface area contributed by atoms with Crippen molar-refractivity contribution >= 4 is 17.7 Å². The van der Waals surface area contributed by atoms with E-state index in [1.807, 2.05) is 17.8 Å². The molecule has 2 aromatic carbocycles. The molecule has 0 N–H and O–H groups in total. The molecule has 0 radical (unpaired) electrons. The second kappa shape index (κ2) is 8.39. The Labute approximate surface area is 149 Å². The highest BCUT2D eigenvalue weighted by atomic mass is 32.2. The number of hydrogen-bond donors (Lipinski definition) is 0. The third-order valence-corrected chi connectivity index (χ3v) is 5.92. The minimum atomic E-state index is 0.171. The molecular weight excluding hydrogens is 314 g/mol. The van der Waals surface area contributed by atoms with E-state index in [1.54, 1.807) is 0 Å². The maximum absolute atomic E-state index is 12.6. The van der Waals surface area contributed by atoms with E-state index in [1.165, 1.54) is 10.5 Å².